The molecule has 0 aliphatic heterocycles. The Balaban J connectivity index is 1.72. The molecule has 2 aromatic rings. The number of rotatable bonds is 3. The van der Waals surface area contributed by atoms with Crippen LogP contribution in [0.15, 0.2) is 18.2 Å². The summed E-state index contributed by atoms with van der Waals surface area (Å²) in [5.74, 6) is 2.61. The van der Waals surface area contributed by atoms with Crippen molar-refractivity contribution in [1.29, 1.82) is 0 Å². The minimum Gasteiger partial charge on any atom is -0.330 e. The number of nitrogens with two attached hydrogens (primary N) is 1. The third kappa shape index (κ3) is 2.47. The van der Waals surface area contributed by atoms with Gasteiger partial charge < -0.3 is 10.3 Å². The van der Waals surface area contributed by atoms with Gasteiger partial charge in [0.15, 0.2) is 0 Å². The highest BCUT2D eigenvalue weighted by molar-refractivity contribution is 6.31. The van der Waals surface area contributed by atoms with Gasteiger partial charge in [-0.15, -0.1) is 0 Å². The van der Waals surface area contributed by atoms with Crippen molar-refractivity contribution in [2.45, 2.75) is 50.5 Å². The standard InChI is InChI=1S/C17H22ClN3/c18-13-5-8-16-15(9-13)20-17(21(16)14-6-7-14)12-3-1-11(10-19)2-4-12/h5,8-9,11-12,14H,1-4,6-7,10,19H2. The molecule has 2 fully saturated rings. The number of aromatic nitrogens is 2. The summed E-state index contributed by atoms with van der Waals surface area (Å²) in [5.41, 5.74) is 8.14. The summed E-state index contributed by atoms with van der Waals surface area (Å²) < 4.78 is 2.50. The van der Waals surface area contributed by atoms with E-state index >= 15 is 0 Å². The summed E-state index contributed by atoms with van der Waals surface area (Å²) >= 11 is 6.14. The smallest absolute Gasteiger partial charge is 0.113 e. The molecule has 0 unspecified atom stereocenters. The molecule has 0 radical (unpaired) electrons. The van der Waals surface area contributed by atoms with Gasteiger partial charge in [0.1, 0.15) is 5.82 Å². The molecule has 2 saturated carbocycles. The summed E-state index contributed by atoms with van der Waals surface area (Å²) in [4.78, 5) is 4.96. The van der Waals surface area contributed by atoms with Crippen molar-refractivity contribution in [1.82, 2.24) is 9.55 Å². The van der Waals surface area contributed by atoms with Crippen molar-refractivity contribution in [3.05, 3.63) is 29.0 Å². The second kappa shape index (κ2) is 5.29. The van der Waals surface area contributed by atoms with Crippen LogP contribution in [0.25, 0.3) is 11.0 Å². The number of halogens is 1. The Labute approximate surface area is 130 Å². The third-order valence-corrected chi connectivity index (χ3v) is 5.37. The molecule has 1 aromatic carbocycles. The Morgan fingerprint density at radius 1 is 1.14 bits per heavy atom. The summed E-state index contributed by atoms with van der Waals surface area (Å²) in [6, 6.07) is 6.79. The number of imidazole rings is 1. The van der Waals surface area contributed by atoms with E-state index in [-0.39, 0.29) is 0 Å². The van der Waals surface area contributed by atoms with Gasteiger partial charge >= 0.3 is 0 Å². The van der Waals surface area contributed by atoms with Crippen LogP contribution in [-0.4, -0.2) is 16.1 Å². The van der Waals surface area contributed by atoms with Crippen LogP contribution < -0.4 is 5.73 Å². The van der Waals surface area contributed by atoms with Crippen molar-refractivity contribution in [3.8, 4) is 0 Å². The zero-order valence-corrected chi connectivity index (χ0v) is 13.0. The van der Waals surface area contributed by atoms with Crippen molar-refractivity contribution in [2.75, 3.05) is 6.54 Å². The van der Waals surface area contributed by atoms with Crippen molar-refractivity contribution in [2.24, 2.45) is 11.7 Å². The van der Waals surface area contributed by atoms with Crippen LogP contribution in [0, 0.1) is 5.92 Å². The Hall–Kier alpha value is -1.06. The van der Waals surface area contributed by atoms with Crippen LogP contribution in [0.1, 0.15) is 56.3 Å². The lowest BCUT2D eigenvalue weighted by atomic mass is 9.81. The predicted molar refractivity (Wildman–Crippen MR) is 86.8 cm³/mol. The van der Waals surface area contributed by atoms with E-state index in [2.05, 4.69) is 10.6 Å². The van der Waals surface area contributed by atoms with Gasteiger partial charge in [0.05, 0.1) is 11.0 Å². The summed E-state index contributed by atoms with van der Waals surface area (Å²) in [5, 5.41) is 0.779. The maximum Gasteiger partial charge on any atom is 0.113 e. The third-order valence-electron chi connectivity index (χ3n) is 5.14. The minimum absolute atomic E-state index is 0.597. The fourth-order valence-electron chi connectivity index (χ4n) is 3.75. The van der Waals surface area contributed by atoms with E-state index in [9.17, 15) is 0 Å². The monoisotopic (exact) mass is 303 g/mol. The van der Waals surface area contributed by atoms with E-state index in [1.54, 1.807) is 0 Å². The highest BCUT2D eigenvalue weighted by Gasteiger charge is 2.32. The van der Waals surface area contributed by atoms with E-state index in [0.717, 1.165) is 23.0 Å². The van der Waals surface area contributed by atoms with E-state index in [4.69, 9.17) is 22.3 Å². The lowest BCUT2D eigenvalue weighted by Gasteiger charge is -2.27. The van der Waals surface area contributed by atoms with Gasteiger partial charge in [-0.3, -0.25) is 0 Å². The van der Waals surface area contributed by atoms with Gasteiger partial charge in [-0.25, -0.2) is 4.98 Å². The molecule has 0 amide bonds. The Kier molecular flexibility index (Phi) is 3.43. The molecule has 1 aromatic heterocycles. The lowest BCUT2D eigenvalue weighted by Crippen LogP contribution is -2.22. The van der Waals surface area contributed by atoms with Gasteiger partial charge in [-0.1, -0.05) is 11.6 Å². The fourth-order valence-corrected chi connectivity index (χ4v) is 3.92. The molecule has 2 N–H and O–H groups in total. The Morgan fingerprint density at radius 2 is 1.90 bits per heavy atom. The number of hydrogen-bond donors (Lipinski definition) is 1. The second-order valence-electron chi connectivity index (χ2n) is 6.66. The minimum atomic E-state index is 0.597. The molecule has 0 saturated heterocycles. The molecule has 4 heteroatoms. The largest absolute Gasteiger partial charge is 0.330 e. The quantitative estimate of drug-likeness (QED) is 0.921. The molecular formula is C17H22ClN3. The number of fused-ring (bicyclic) bond motifs is 1. The Bertz CT molecular complexity index is 651. The molecule has 2 aliphatic carbocycles. The first kappa shape index (κ1) is 13.6. The highest BCUT2D eigenvalue weighted by Crippen LogP contribution is 2.43. The van der Waals surface area contributed by atoms with Gasteiger partial charge in [-0.2, -0.15) is 0 Å². The number of benzene rings is 1. The highest BCUT2D eigenvalue weighted by atomic mass is 35.5. The average Bonchev–Trinajstić information content (AvgIpc) is 3.28. The molecule has 0 spiro atoms. The normalized spacial score (nSPS) is 26.4. The maximum atomic E-state index is 6.14. The number of nitrogens with zero attached hydrogens (tertiary/aromatic N) is 2. The first-order valence-corrected chi connectivity index (χ1v) is 8.51. The summed E-state index contributed by atoms with van der Waals surface area (Å²) in [7, 11) is 0. The molecule has 2 aliphatic rings. The first-order valence-electron chi connectivity index (χ1n) is 8.13. The molecular weight excluding hydrogens is 282 g/mol. The maximum absolute atomic E-state index is 6.14. The molecule has 3 nitrogen and oxygen atoms in total. The van der Waals surface area contributed by atoms with Crippen molar-refractivity contribution < 1.29 is 0 Å². The Morgan fingerprint density at radius 3 is 2.57 bits per heavy atom. The van der Waals surface area contributed by atoms with Crippen LogP contribution in [0.3, 0.4) is 0 Å². The van der Waals surface area contributed by atoms with Crippen LogP contribution in [-0.2, 0) is 0 Å². The SMILES string of the molecule is NCC1CCC(c2nc3cc(Cl)ccc3n2C2CC2)CC1. The van der Waals surface area contributed by atoms with Crippen LogP contribution in [0.4, 0.5) is 0 Å². The topological polar surface area (TPSA) is 43.8 Å². The fraction of sp³-hybridized carbons (Fsp3) is 0.588. The molecule has 112 valence electrons. The van der Waals surface area contributed by atoms with E-state index in [1.165, 1.54) is 49.9 Å². The van der Waals surface area contributed by atoms with Crippen LogP contribution >= 0.6 is 11.6 Å². The lowest BCUT2D eigenvalue weighted by molar-refractivity contribution is 0.321. The van der Waals surface area contributed by atoms with Gasteiger partial charge in [-0.05, 0) is 69.2 Å². The molecule has 21 heavy (non-hydrogen) atoms. The first-order chi connectivity index (χ1) is 10.3. The molecule has 1 heterocycles. The molecule has 4 rings (SSSR count). The van der Waals surface area contributed by atoms with Crippen molar-refractivity contribution >= 4 is 22.6 Å². The second-order valence-corrected chi connectivity index (χ2v) is 7.09. The number of hydrogen-bond acceptors (Lipinski definition) is 2. The predicted octanol–water partition coefficient (Wildman–Crippen LogP) is 4.26. The average molecular weight is 304 g/mol. The van der Waals surface area contributed by atoms with E-state index in [0.29, 0.717) is 12.0 Å². The zero-order valence-electron chi connectivity index (χ0n) is 12.3. The summed E-state index contributed by atoms with van der Waals surface area (Å²) in [6.07, 6.45) is 7.53. The van der Waals surface area contributed by atoms with Crippen molar-refractivity contribution in [3.63, 3.8) is 0 Å². The zero-order chi connectivity index (χ0) is 14.4. The van der Waals surface area contributed by atoms with Gasteiger partial charge in [0.2, 0.25) is 0 Å². The molecule has 0 bridgehead atoms. The van der Waals surface area contributed by atoms with Gasteiger partial charge in [0.25, 0.3) is 0 Å². The van der Waals surface area contributed by atoms with Crippen LogP contribution in [0.2, 0.25) is 5.02 Å². The molecule has 0 atom stereocenters. The van der Waals surface area contributed by atoms with E-state index in [1.807, 2.05) is 12.1 Å². The summed E-state index contributed by atoms with van der Waals surface area (Å²) in [6.45, 7) is 0.835. The van der Waals surface area contributed by atoms with Crippen LogP contribution in [0.5, 0.6) is 0 Å². The van der Waals surface area contributed by atoms with E-state index < -0.39 is 0 Å². The van der Waals surface area contributed by atoms with Gasteiger partial charge in [0, 0.05) is 17.0 Å².